The van der Waals surface area contributed by atoms with Gasteiger partial charge in [-0.15, -0.1) is 0 Å². The molecule has 2 aromatic carbocycles. The van der Waals surface area contributed by atoms with E-state index in [0.717, 1.165) is 22.4 Å². The molecule has 0 radical (unpaired) electrons. The van der Waals surface area contributed by atoms with Gasteiger partial charge in [0.1, 0.15) is 5.69 Å². The summed E-state index contributed by atoms with van der Waals surface area (Å²) in [5, 5.41) is 5.68. The van der Waals surface area contributed by atoms with Crippen molar-refractivity contribution in [2.24, 2.45) is 0 Å². The Morgan fingerprint density at radius 2 is 1.56 bits per heavy atom. The maximum Gasteiger partial charge on any atom is 0.274 e. The molecule has 0 aliphatic heterocycles. The highest BCUT2D eigenvalue weighted by Crippen LogP contribution is 2.17. The number of rotatable bonds is 4. The number of carbonyl (C=O) groups is 2. The molecule has 0 bridgehead atoms. The number of nitrogens with one attached hydrogen (secondary N) is 2. The van der Waals surface area contributed by atoms with Gasteiger partial charge in [-0.25, -0.2) is 0 Å². The predicted molar refractivity (Wildman–Crippen MR) is 107 cm³/mol. The zero-order valence-electron chi connectivity index (χ0n) is 15.5. The van der Waals surface area contributed by atoms with E-state index in [1.54, 1.807) is 6.07 Å². The van der Waals surface area contributed by atoms with E-state index in [2.05, 4.69) is 15.6 Å². The Hall–Kier alpha value is -3.47. The first-order valence-electron chi connectivity index (χ1n) is 8.65. The third-order valence-electron chi connectivity index (χ3n) is 4.41. The lowest BCUT2D eigenvalue weighted by molar-refractivity contribution is 0.102. The molecule has 3 rings (SSSR count). The minimum Gasteiger partial charge on any atom is -0.322 e. The molecule has 27 heavy (non-hydrogen) atoms. The zero-order valence-corrected chi connectivity index (χ0v) is 15.5. The Labute approximate surface area is 158 Å². The van der Waals surface area contributed by atoms with Gasteiger partial charge >= 0.3 is 0 Å². The van der Waals surface area contributed by atoms with Crippen LogP contribution < -0.4 is 10.6 Å². The SMILES string of the molecule is Cc1ccc(NC(=O)c2cc(C(=O)Nc3ccccc3C)ccn2)cc1C. The second-order valence-corrected chi connectivity index (χ2v) is 6.45. The van der Waals surface area contributed by atoms with Crippen LogP contribution in [0.25, 0.3) is 0 Å². The van der Waals surface area contributed by atoms with E-state index in [1.165, 1.54) is 12.3 Å². The molecule has 0 aliphatic carbocycles. The number of para-hydroxylation sites is 1. The van der Waals surface area contributed by atoms with Crippen LogP contribution in [-0.4, -0.2) is 16.8 Å². The molecule has 0 fully saturated rings. The molecule has 2 N–H and O–H groups in total. The van der Waals surface area contributed by atoms with E-state index in [0.29, 0.717) is 11.3 Å². The van der Waals surface area contributed by atoms with Gasteiger partial charge in [-0.1, -0.05) is 24.3 Å². The summed E-state index contributed by atoms with van der Waals surface area (Å²) in [6.07, 6.45) is 1.46. The van der Waals surface area contributed by atoms with Crippen molar-refractivity contribution in [3.63, 3.8) is 0 Å². The van der Waals surface area contributed by atoms with Crippen molar-refractivity contribution in [3.8, 4) is 0 Å². The zero-order chi connectivity index (χ0) is 19.4. The van der Waals surface area contributed by atoms with E-state index in [1.807, 2.05) is 63.2 Å². The Balaban J connectivity index is 1.76. The summed E-state index contributed by atoms with van der Waals surface area (Å²) in [5.74, 6) is -0.643. The maximum atomic E-state index is 12.5. The molecular formula is C22H21N3O2. The number of carbonyl (C=O) groups excluding carboxylic acids is 2. The quantitative estimate of drug-likeness (QED) is 0.720. The minimum absolute atomic E-state index is 0.186. The van der Waals surface area contributed by atoms with Crippen molar-refractivity contribution in [2.45, 2.75) is 20.8 Å². The van der Waals surface area contributed by atoms with Gasteiger partial charge in [-0.2, -0.15) is 0 Å². The largest absolute Gasteiger partial charge is 0.322 e. The van der Waals surface area contributed by atoms with Crippen LogP contribution in [0.5, 0.6) is 0 Å². The normalized spacial score (nSPS) is 10.3. The summed E-state index contributed by atoms with van der Waals surface area (Å²) in [7, 11) is 0. The highest BCUT2D eigenvalue weighted by atomic mass is 16.2. The number of pyridine rings is 1. The summed E-state index contributed by atoms with van der Waals surface area (Å²) in [6, 6.07) is 16.3. The molecule has 0 spiro atoms. The van der Waals surface area contributed by atoms with Gasteiger partial charge in [0.15, 0.2) is 0 Å². The molecular weight excluding hydrogens is 338 g/mol. The van der Waals surface area contributed by atoms with Crippen LogP contribution in [0, 0.1) is 20.8 Å². The summed E-state index contributed by atoms with van der Waals surface area (Å²) >= 11 is 0. The Morgan fingerprint density at radius 3 is 2.30 bits per heavy atom. The van der Waals surface area contributed by atoms with Gasteiger partial charge < -0.3 is 10.6 Å². The number of nitrogens with zero attached hydrogens (tertiary/aromatic N) is 1. The lowest BCUT2D eigenvalue weighted by Gasteiger charge is -2.10. The summed E-state index contributed by atoms with van der Waals surface area (Å²) in [5.41, 5.74) is 5.20. The van der Waals surface area contributed by atoms with Gasteiger partial charge in [0.2, 0.25) is 0 Å². The monoisotopic (exact) mass is 359 g/mol. The van der Waals surface area contributed by atoms with Crippen molar-refractivity contribution >= 4 is 23.2 Å². The number of hydrogen-bond acceptors (Lipinski definition) is 3. The van der Waals surface area contributed by atoms with Crippen molar-refractivity contribution in [1.82, 2.24) is 4.98 Å². The lowest BCUT2D eigenvalue weighted by Crippen LogP contribution is -2.17. The smallest absolute Gasteiger partial charge is 0.274 e. The first-order valence-corrected chi connectivity index (χ1v) is 8.65. The molecule has 5 heteroatoms. The first kappa shape index (κ1) is 18.3. The van der Waals surface area contributed by atoms with Crippen molar-refractivity contribution in [2.75, 3.05) is 10.6 Å². The molecule has 1 heterocycles. The third kappa shape index (κ3) is 4.39. The van der Waals surface area contributed by atoms with E-state index in [-0.39, 0.29) is 17.5 Å². The van der Waals surface area contributed by atoms with Crippen molar-refractivity contribution in [1.29, 1.82) is 0 Å². The molecule has 136 valence electrons. The third-order valence-corrected chi connectivity index (χ3v) is 4.41. The Morgan fingerprint density at radius 1 is 0.778 bits per heavy atom. The van der Waals surface area contributed by atoms with E-state index < -0.39 is 0 Å². The van der Waals surface area contributed by atoms with Crippen LogP contribution in [0.3, 0.4) is 0 Å². The fraction of sp³-hybridized carbons (Fsp3) is 0.136. The topological polar surface area (TPSA) is 71.1 Å². The van der Waals surface area contributed by atoms with Gasteiger partial charge in [0, 0.05) is 23.1 Å². The fourth-order valence-corrected chi connectivity index (χ4v) is 2.62. The number of amides is 2. The number of aryl methyl sites for hydroxylation is 3. The second-order valence-electron chi connectivity index (χ2n) is 6.45. The van der Waals surface area contributed by atoms with Crippen molar-refractivity contribution < 1.29 is 9.59 Å². The van der Waals surface area contributed by atoms with Crippen LogP contribution >= 0.6 is 0 Å². The highest BCUT2D eigenvalue weighted by molar-refractivity contribution is 6.08. The van der Waals surface area contributed by atoms with E-state index in [9.17, 15) is 9.59 Å². The minimum atomic E-state index is -0.358. The molecule has 1 aromatic heterocycles. The van der Waals surface area contributed by atoms with Gasteiger partial charge in [0.05, 0.1) is 0 Å². The van der Waals surface area contributed by atoms with Gasteiger partial charge in [-0.05, 0) is 67.8 Å². The lowest BCUT2D eigenvalue weighted by atomic mass is 10.1. The molecule has 3 aromatic rings. The molecule has 0 saturated carbocycles. The van der Waals surface area contributed by atoms with Crippen LogP contribution in [-0.2, 0) is 0 Å². The van der Waals surface area contributed by atoms with Crippen LogP contribution in [0.1, 0.15) is 37.5 Å². The number of benzene rings is 2. The predicted octanol–water partition coefficient (Wildman–Crippen LogP) is 4.51. The van der Waals surface area contributed by atoms with Crippen molar-refractivity contribution in [3.05, 3.63) is 88.7 Å². The highest BCUT2D eigenvalue weighted by Gasteiger charge is 2.13. The van der Waals surface area contributed by atoms with Crippen LogP contribution in [0.2, 0.25) is 0 Å². The molecule has 2 amide bonds. The molecule has 0 atom stereocenters. The van der Waals surface area contributed by atoms with Gasteiger partial charge in [-0.3, -0.25) is 14.6 Å². The number of hydrogen-bond donors (Lipinski definition) is 2. The Bertz CT molecular complexity index is 1010. The first-order chi connectivity index (χ1) is 12.9. The van der Waals surface area contributed by atoms with Gasteiger partial charge in [0.25, 0.3) is 11.8 Å². The number of anilines is 2. The molecule has 0 saturated heterocycles. The van der Waals surface area contributed by atoms with Crippen LogP contribution in [0.4, 0.5) is 11.4 Å². The Kier molecular flexibility index (Phi) is 5.31. The van der Waals surface area contributed by atoms with E-state index in [4.69, 9.17) is 0 Å². The summed E-state index contributed by atoms with van der Waals surface area (Å²) in [6.45, 7) is 5.92. The standard InChI is InChI=1S/C22H21N3O2/c1-14-8-9-18(12-16(14)3)24-22(27)20-13-17(10-11-23-20)21(26)25-19-7-5-4-6-15(19)2/h4-13H,1-3H3,(H,24,27)(H,25,26). The average Bonchev–Trinajstić information content (AvgIpc) is 2.66. The number of aromatic nitrogens is 1. The van der Waals surface area contributed by atoms with Crippen LogP contribution in [0.15, 0.2) is 60.8 Å². The molecule has 0 unspecified atom stereocenters. The summed E-state index contributed by atoms with van der Waals surface area (Å²) in [4.78, 5) is 29.1. The molecule has 0 aliphatic rings. The molecule has 5 nitrogen and oxygen atoms in total. The second kappa shape index (κ2) is 7.83. The van der Waals surface area contributed by atoms with E-state index >= 15 is 0 Å². The fourth-order valence-electron chi connectivity index (χ4n) is 2.62. The maximum absolute atomic E-state index is 12.5. The summed E-state index contributed by atoms with van der Waals surface area (Å²) < 4.78 is 0. The average molecular weight is 359 g/mol.